The lowest BCUT2D eigenvalue weighted by Gasteiger charge is -2.09. The number of carbonyl (C=O) groups is 1. The molecule has 0 aliphatic carbocycles. The van der Waals surface area contributed by atoms with E-state index in [-0.39, 0.29) is 0 Å². The third kappa shape index (κ3) is 2.20. The van der Waals surface area contributed by atoms with Gasteiger partial charge in [-0.05, 0) is 0 Å². The molecule has 0 saturated carbocycles. The van der Waals surface area contributed by atoms with Gasteiger partial charge in [0.05, 0.1) is 0 Å². The third-order valence-corrected chi connectivity index (χ3v) is 0.681. The maximum atomic E-state index is 10.1. The van der Waals surface area contributed by atoms with Gasteiger partial charge in [0.15, 0.2) is 0 Å². The first-order chi connectivity index (χ1) is 2.94. The molecule has 0 rings (SSSR count). The molecule has 2 nitrogen and oxygen atoms in total. The molecule has 2 heteroatoms. The largest absolute Gasteiger partial charge is 0.273 e. The average molecular weight is 100 g/mol. The van der Waals surface area contributed by atoms with E-state index in [2.05, 4.69) is 0 Å². The van der Waals surface area contributed by atoms with Crippen LogP contribution in [-0.2, 0) is 4.79 Å². The number of nitrogens with one attached hydrogen (secondary N) is 1. The molecule has 1 radical (unpaired) electrons. The van der Waals surface area contributed by atoms with E-state index in [1.165, 1.54) is 0 Å². The maximum Gasteiger partial charge on any atom is 0.243 e. The monoisotopic (exact) mass is 100 g/mol. The Morgan fingerprint density at radius 3 is 1.57 bits per heavy atom. The molecular weight excluding hydrogens is 90.1 g/mol. The second-order valence-corrected chi connectivity index (χ2v) is 2.58. The first-order valence-electron chi connectivity index (χ1n) is 2.20. The van der Waals surface area contributed by atoms with Gasteiger partial charge in [-0.1, -0.05) is 20.8 Å². The van der Waals surface area contributed by atoms with Crippen LogP contribution < -0.4 is 5.73 Å². The van der Waals surface area contributed by atoms with Gasteiger partial charge in [-0.3, -0.25) is 10.5 Å². The van der Waals surface area contributed by atoms with E-state index in [0.29, 0.717) is 0 Å². The van der Waals surface area contributed by atoms with Crippen molar-refractivity contribution in [1.82, 2.24) is 5.73 Å². The van der Waals surface area contributed by atoms with Crippen LogP contribution in [0.4, 0.5) is 0 Å². The Hall–Kier alpha value is -0.530. The predicted octanol–water partition coefficient (Wildman–Crippen LogP) is 0.842. The molecule has 0 aromatic heterocycles. The molecule has 41 valence electrons. The van der Waals surface area contributed by atoms with Gasteiger partial charge in [0.25, 0.3) is 0 Å². The minimum absolute atomic E-state index is 0.472. The van der Waals surface area contributed by atoms with Crippen molar-refractivity contribution in [1.29, 1.82) is 0 Å². The van der Waals surface area contributed by atoms with Crippen LogP contribution in [0.15, 0.2) is 0 Å². The van der Waals surface area contributed by atoms with E-state index in [1.807, 2.05) is 0 Å². The van der Waals surface area contributed by atoms with Gasteiger partial charge in [0.1, 0.15) is 0 Å². The number of rotatable bonds is 0. The molecule has 0 fully saturated rings. The summed E-state index contributed by atoms with van der Waals surface area (Å²) in [6.07, 6.45) is 0. The van der Waals surface area contributed by atoms with Crippen LogP contribution in [0, 0.1) is 5.41 Å². The van der Waals surface area contributed by atoms with Crippen molar-refractivity contribution in [3.63, 3.8) is 0 Å². The van der Waals surface area contributed by atoms with Gasteiger partial charge in [0.2, 0.25) is 5.91 Å². The smallest absolute Gasteiger partial charge is 0.243 e. The first-order valence-corrected chi connectivity index (χ1v) is 2.20. The molecule has 0 aliphatic heterocycles. The van der Waals surface area contributed by atoms with E-state index in [4.69, 9.17) is 5.73 Å². The molecule has 0 aromatic rings. The van der Waals surface area contributed by atoms with Gasteiger partial charge in [0, 0.05) is 5.41 Å². The fraction of sp³-hybridized carbons (Fsp3) is 0.800. The zero-order valence-electron chi connectivity index (χ0n) is 4.91. The molecule has 0 aliphatic rings. The molecule has 0 spiro atoms. The van der Waals surface area contributed by atoms with E-state index in [0.717, 1.165) is 0 Å². The van der Waals surface area contributed by atoms with Gasteiger partial charge in [-0.25, -0.2) is 0 Å². The lowest BCUT2D eigenvalue weighted by molar-refractivity contribution is -0.125. The van der Waals surface area contributed by atoms with Crippen LogP contribution >= 0.6 is 0 Å². The molecule has 0 saturated heterocycles. The Bertz CT molecular complexity index is 80.6. The summed E-state index contributed by atoms with van der Waals surface area (Å²) >= 11 is 0. The summed E-state index contributed by atoms with van der Waals surface area (Å²) in [5.74, 6) is -0.507. The summed E-state index contributed by atoms with van der Waals surface area (Å²) in [7, 11) is 0. The normalized spacial score (nSPS) is 11.3. The summed E-state index contributed by atoms with van der Waals surface area (Å²) in [5, 5.41) is 0. The highest BCUT2D eigenvalue weighted by molar-refractivity contribution is 5.78. The van der Waals surface area contributed by atoms with Crippen molar-refractivity contribution in [2.45, 2.75) is 20.8 Å². The van der Waals surface area contributed by atoms with Crippen molar-refractivity contribution in [3.05, 3.63) is 0 Å². The molecule has 0 unspecified atom stereocenters. The molecule has 1 amide bonds. The second kappa shape index (κ2) is 1.52. The standard InChI is InChI=1S/C5H10NO/c1-5(2,3)4(6)7/h6H,1-3H3. The highest BCUT2D eigenvalue weighted by Gasteiger charge is 2.17. The Balaban J connectivity index is 3.79. The van der Waals surface area contributed by atoms with Crippen molar-refractivity contribution in [2.75, 3.05) is 0 Å². The summed E-state index contributed by atoms with van der Waals surface area (Å²) in [5.41, 5.74) is 6.12. The van der Waals surface area contributed by atoms with E-state index in [9.17, 15) is 4.79 Å². The van der Waals surface area contributed by atoms with Crippen LogP contribution in [0.5, 0.6) is 0 Å². The Labute approximate surface area is 43.7 Å². The third-order valence-electron chi connectivity index (χ3n) is 0.681. The highest BCUT2D eigenvalue weighted by atomic mass is 16.1. The van der Waals surface area contributed by atoms with Crippen molar-refractivity contribution < 1.29 is 4.79 Å². The van der Waals surface area contributed by atoms with Gasteiger partial charge >= 0.3 is 0 Å². The summed E-state index contributed by atoms with van der Waals surface area (Å²) < 4.78 is 0. The van der Waals surface area contributed by atoms with Gasteiger partial charge in [-0.2, -0.15) is 0 Å². The SMILES string of the molecule is CC(C)(C)C([NH])=O. The molecular formula is C5H10NO. The highest BCUT2D eigenvalue weighted by Crippen LogP contribution is 2.10. The Kier molecular flexibility index (Phi) is 1.41. The second-order valence-electron chi connectivity index (χ2n) is 2.58. The van der Waals surface area contributed by atoms with Gasteiger partial charge < -0.3 is 0 Å². The van der Waals surface area contributed by atoms with Gasteiger partial charge in [-0.15, -0.1) is 0 Å². The fourth-order valence-electron chi connectivity index (χ4n) is 0. The summed E-state index contributed by atoms with van der Waals surface area (Å²) in [6, 6.07) is 0. The lowest BCUT2D eigenvalue weighted by atomic mass is 9.96. The van der Waals surface area contributed by atoms with Crippen molar-refractivity contribution in [2.24, 2.45) is 5.41 Å². The minimum atomic E-state index is -0.507. The zero-order chi connectivity index (χ0) is 6.08. The molecule has 0 aromatic carbocycles. The molecule has 0 atom stereocenters. The average Bonchev–Trinajstić information content (AvgIpc) is 1.31. The quantitative estimate of drug-likeness (QED) is 0.444. The van der Waals surface area contributed by atoms with Crippen LogP contribution in [0.1, 0.15) is 20.8 Å². The number of carbonyl (C=O) groups excluding carboxylic acids is 1. The summed E-state index contributed by atoms with van der Waals surface area (Å²) in [4.78, 5) is 10.1. The van der Waals surface area contributed by atoms with Crippen LogP contribution in [-0.4, -0.2) is 5.91 Å². The van der Waals surface area contributed by atoms with E-state index in [1.54, 1.807) is 20.8 Å². The first kappa shape index (κ1) is 6.47. The molecule has 1 N–H and O–H groups in total. The van der Waals surface area contributed by atoms with Crippen LogP contribution in [0.2, 0.25) is 0 Å². The molecule has 0 heterocycles. The fourth-order valence-corrected chi connectivity index (χ4v) is 0. The zero-order valence-corrected chi connectivity index (χ0v) is 4.91. The predicted molar refractivity (Wildman–Crippen MR) is 27.6 cm³/mol. The summed E-state index contributed by atoms with van der Waals surface area (Å²) in [6.45, 7) is 5.17. The number of hydrogen-bond acceptors (Lipinski definition) is 1. The lowest BCUT2D eigenvalue weighted by Crippen LogP contribution is -2.20. The van der Waals surface area contributed by atoms with Crippen molar-refractivity contribution in [3.8, 4) is 0 Å². The number of hydrogen-bond donors (Lipinski definition) is 0. The maximum absolute atomic E-state index is 10.1. The Morgan fingerprint density at radius 1 is 1.43 bits per heavy atom. The van der Waals surface area contributed by atoms with Crippen LogP contribution in [0.25, 0.3) is 0 Å². The topological polar surface area (TPSA) is 40.9 Å². The number of amides is 1. The van der Waals surface area contributed by atoms with Crippen molar-refractivity contribution >= 4 is 5.91 Å². The van der Waals surface area contributed by atoms with E-state index < -0.39 is 11.3 Å². The van der Waals surface area contributed by atoms with E-state index >= 15 is 0 Å². The molecule has 7 heavy (non-hydrogen) atoms. The minimum Gasteiger partial charge on any atom is -0.273 e. The van der Waals surface area contributed by atoms with Crippen LogP contribution in [0.3, 0.4) is 0 Å². The Morgan fingerprint density at radius 2 is 1.57 bits per heavy atom. The molecule has 0 bridgehead atoms.